The molecule has 1 aliphatic rings. The van der Waals surface area contributed by atoms with Crippen LogP contribution < -0.4 is 5.32 Å². The van der Waals surface area contributed by atoms with Crippen LogP contribution in [-0.2, 0) is 11.3 Å². The van der Waals surface area contributed by atoms with Crippen molar-refractivity contribution in [2.75, 3.05) is 19.0 Å². The summed E-state index contributed by atoms with van der Waals surface area (Å²) < 4.78 is 6.97. The van der Waals surface area contributed by atoms with Crippen LogP contribution in [0.1, 0.15) is 24.3 Å². The number of methoxy groups -OCH3 is 1. The average Bonchev–Trinajstić information content (AvgIpc) is 2.89. The first kappa shape index (κ1) is 13.2. The minimum atomic E-state index is 0.570. The Hall–Kier alpha value is -1.81. The van der Waals surface area contributed by atoms with Crippen LogP contribution in [0.3, 0.4) is 0 Å². The Labute approximate surface area is 119 Å². The van der Waals surface area contributed by atoms with Crippen molar-refractivity contribution in [3.63, 3.8) is 0 Å². The smallest absolute Gasteiger partial charge is 0.0728 e. The highest BCUT2D eigenvalue weighted by molar-refractivity contribution is 5.41. The number of nitrogens with one attached hydrogen (secondary N) is 1. The molecule has 0 saturated heterocycles. The van der Waals surface area contributed by atoms with E-state index in [0.717, 1.165) is 12.2 Å². The van der Waals surface area contributed by atoms with Crippen molar-refractivity contribution < 1.29 is 4.74 Å². The van der Waals surface area contributed by atoms with Crippen LogP contribution in [0, 0.1) is 0 Å². The molecule has 0 radical (unpaired) electrons. The summed E-state index contributed by atoms with van der Waals surface area (Å²) in [5.41, 5.74) is 2.57. The summed E-state index contributed by atoms with van der Waals surface area (Å²) in [5, 5.41) is 7.87. The third-order valence-electron chi connectivity index (χ3n) is 3.94. The van der Waals surface area contributed by atoms with E-state index in [1.165, 1.54) is 18.4 Å². The molecule has 1 fully saturated rings. The summed E-state index contributed by atoms with van der Waals surface area (Å²) in [7, 11) is 1.71. The number of anilines is 1. The third kappa shape index (κ3) is 3.02. The fourth-order valence-electron chi connectivity index (χ4n) is 2.71. The van der Waals surface area contributed by atoms with E-state index in [9.17, 15) is 0 Å². The Kier molecular flexibility index (Phi) is 4.02. The maximum absolute atomic E-state index is 5.05. The molecule has 0 amide bonds. The van der Waals surface area contributed by atoms with Gasteiger partial charge in [-0.05, 0) is 24.3 Å². The van der Waals surface area contributed by atoms with Crippen molar-refractivity contribution in [2.24, 2.45) is 0 Å². The maximum atomic E-state index is 5.05. The van der Waals surface area contributed by atoms with Gasteiger partial charge in [0.25, 0.3) is 0 Å². The number of benzene rings is 1. The molecular weight excluding hydrogens is 250 g/mol. The highest BCUT2D eigenvalue weighted by Gasteiger charge is 2.30. The number of hydrogen-bond donors (Lipinski definition) is 1. The van der Waals surface area contributed by atoms with Gasteiger partial charge in [-0.3, -0.25) is 4.68 Å². The van der Waals surface area contributed by atoms with Gasteiger partial charge in [-0.1, -0.05) is 30.3 Å². The predicted octanol–water partition coefficient (Wildman–Crippen LogP) is 2.89. The first-order valence-corrected chi connectivity index (χ1v) is 7.18. The van der Waals surface area contributed by atoms with Crippen LogP contribution in [0.5, 0.6) is 0 Å². The van der Waals surface area contributed by atoms with E-state index in [0.29, 0.717) is 18.6 Å². The molecule has 0 atom stereocenters. The molecule has 3 rings (SSSR count). The number of ether oxygens (including phenoxy) is 1. The lowest BCUT2D eigenvalue weighted by atomic mass is 9.76. The quantitative estimate of drug-likeness (QED) is 0.878. The fourth-order valence-corrected chi connectivity index (χ4v) is 2.71. The van der Waals surface area contributed by atoms with Gasteiger partial charge in [-0.25, -0.2) is 0 Å². The van der Waals surface area contributed by atoms with E-state index >= 15 is 0 Å². The van der Waals surface area contributed by atoms with Gasteiger partial charge in [-0.15, -0.1) is 0 Å². The molecule has 0 aliphatic heterocycles. The normalized spacial score (nSPS) is 21.4. The largest absolute Gasteiger partial charge is 0.383 e. The molecule has 0 unspecified atom stereocenters. The van der Waals surface area contributed by atoms with E-state index in [1.54, 1.807) is 7.11 Å². The summed E-state index contributed by atoms with van der Waals surface area (Å²) in [6, 6.07) is 11.3. The van der Waals surface area contributed by atoms with Gasteiger partial charge in [0.15, 0.2) is 0 Å². The molecule has 1 aromatic carbocycles. The highest BCUT2D eigenvalue weighted by atomic mass is 16.5. The summed E-state index contributed by atoms with van der Waals surface area (Å²) in [6.45, 7) is 1.50. The van der Waals surface area contributed by atoms with E-state index in [4.69, 9.17) is 4.74 Å². The van der Waals surface area contributed by atoms with Gasteiger partial charge >= 0.3 is 0 Å². The van der Waals surface area contributed by atoms with Crippen LogP contribution in [0.25, 0.3) is 0 Å². The molecule has 4 heteroatoms. The van der Waals surface area contributed by atoms with Crippen molar-refractivity contribution in [2.45, 2.75) is 31.3 Å². The topological polar surface area (TPSA) is 39.1 Å². The van der Waals surface area contributed by atoms with Crippen LogP contribution in [0.2, 0.25) is 0 Å². The van der Waals surface area contributed by atoms with Crippen LogP contribution >= 0.6 is 0 Å². The molecule has 0 bridgehead atoms. The van der Waals surface area contributed by atoms with E-state index in [-0.39, 0.29) is 0 Å². The second-order valence-electron chi connectivity index (χ2n) is 5.41. The minimum Gasteiger partial charge on any atom is -0.383 e. The molecule has 1 aromatic heterocycles. The summed E-state index contributed by atoms with van der Waals surface area (Å²) in [5.74, 6) is 0.706. The molecular formula is C16H21N3O. The monoisotopic (exact) mass is 271 g/mol. The molecule has 20 heavy (non-hydrogen) atoms. The summed E-state index contributed by atoms with van der Waals surface area (Å²) >= 11 is 0. The zero-order valence-electron chi connectivity index (χ0n) is 11.8. The van der Waals surface area contributed by atoms with Gasteiger partial charge in [0.05, 0.1) is 25.0 Å². The maximum Gasteiger partial charge on any atom is 0.0728 e. The summed E-state index contributed by atoms with van der Waals surface area (Å²) in [6.07, 6.45) is 6.35. The lowest BCUT2D eigenvalue weighted by Crippen LogP contribution is -2.33. The molecule has 1 N–H and O–H groups in total. The Morgan fingerprint density at radius 2 is 2.10 bits per heavy atom. The van der Waals surface area contributed by atoms with E-state index in [1.807, 2.05) is 10.9 Å². The van der Waals surface area contributed by atoms with Gasteiger partial charge in [0, 0.05) is 19.3 Å². The van der Waals surface area contributed by atoms with Gasteiger partial charge in [0.2, 0.25) is 0 Å². The predicted molar refractivity (Wildman–Crippen MR) is 79.9 cm³/mol. The lowest BCUT2D eigenvalue weighted by Gasteiger charge is -2.36. The fraction of sp³-hybridized carbons (Fsp3) is 0.438. The summed E-state index contributed by atoms with van der Waals surface area (Å²) in [4.78, 5) is 0. The molecule has 1 saturated carbocycles. The third-order valence-corrected chi connectivity index (χ3v) is 3.94. The van der Waals surface area contributed by atoms with Gasteiger partial charge in [-0.2, -0.15) is 5.10 Å². The van der Waals surface area contributed by atoms with E-state index in [2.05, 4.69) is 46.9 Å². The van der Waals surface area contributed by atoms with Crippen molar-refractivity contribution in [3.8, 4) is 0 Å². The Bertz CT molecular complexity index is 532. The Balaban J connectivity index is 1.48. The second kappa shape index (κ2) is 6.09. The second-order valence-corrected chi connectivity index (χ2v) is 5.41. The van der Waals surface area contributed by atoms with Gasteiger partial charge in [0.1, 0.15) is 0 Å². The van der Waals surface area contributed by atoms with Crippen LogP contribution in [0.4, 0.5) is 5.69 Å². The lowest BCUT2D eigenvalue weighted by molar-refractivity contribution is 0.183. The number of aromatic nitrogens is 2. The highest BCUT2D eigenvalue weighted by Crippen LogP contribution is 2.38. The molecule has 2 aromatic rings. The van der Waals surface area contributed by atoms with Crippen molar-refractivity contribution in [1.29, 1.82) is 0 Å². The molecule has 0 spiro atoms. The number of hydrogen-bond acceptors (Lipinski definition) is 3. The molecule has 106 valence electrons. The molecule has 1 heterocycles. The van der Waals surface area contributed by atoms with Gasteiger partial charge < -0.3 is 10.1 Å². The zero-order chi connectivity index (χ0) is 13.8. The van der Waals surface area contributed by atoms with Crippen molar-refractivity contribution in [3.05, 3.63) is 48.3 Å². The van der Waals surface area contributed by atoms with Crippen LogP contribution in [0.15, 0.2) is 42.7 Å². The first-order chi connectivity index (χ1) is 9.85. The number of nitrogens with zero attached hydrogens (tertiary/aromatic N) is 2. The molecule has 4 nitrogen and oxygen atoms in total. The standard InChI is InChI=1S/C16H21N3O/c1-20-8-7-19-12-16(11-17-19)18-15-9-14(10-15)13-5-3-2-4-6-13/h2-6,11-12,14-15,18H,7-10H2,1H3. The Morgan fingerprint density at radius 1 is 1.30 bits per heavy atom. The zero-order valence-corrected chi connectivity index (χ0v) is 11.8. The SMILES string of the molecule is COCCn1cc(NC2CC(c3ccccc3)C2)cn1. The van der Waals surface area contributed by atoms with Crippen molar-refractivity contribution in [1.82, 2.24) is 9.78 Å². The number of rotatable bonds is 6. The molecule has 1 aliphatic carbocycles. The Morgan fingerprint density at radius 3 is 2.85 bits per heavy atom. The average molecular weight is 271 g/mol. The first-order valence-electron chi connectivity index (χ1n) is 7.18. The van der Waals surface area contributed by atoms with Crippen molar-refractivity contribution >= 4 is 5.69 Å². The minimum absolute atomic E-state index is 0.570. The van der Waals surface area contributed by atoms with Crippen LogP contribution in [-0.4, -0.2) is 29.5 Å². The van der Waals surface area contributed by atoms with E-state index < -0.39 is 0 Å².